The molecule has 0 unspecified atom stereocenters. The molecule has 0 atom stereocenters. The van der Waals surface area contributed by atoms with Crippen molar-refractivity contribution in [3.05, 3.63) is 36.0 Å². The van der Waals surface area contributed by atoms with Crippen molar-refractivity contribution in [1.82, 2.24) is 4.57 Å². The van der Waals surface area contributed by atoms with Crippen molar-refractivity contribution in [3.8, 4) is 0 Å². The van der Waals surface area contributed by atoms with Crippen LogP contribution in [0.1, 0.15) is 12.0 Å². The van der Waals surface area contributed by atoms with Crippen molar-refractivity contribution < 1.29 is 9.84 Å². The molecular formula is C13H17NO2. The van der Waals surface area contributed by atoms with Gasteiger partial charge >= 0.3 is 0 Å². The zero-order valence-electron chi connectivity index (χ0n) is 9.52. The van der Waals surface area contributed by atoms with Crippen LogP contribution in [0.5, 0.6) is 0 Å². The molecule has 2 rings (SSSR count). The van der Waals surface area contributed by atoms with Gasteiger partial charge in [0.2, 0.25) is 0 Å². The topological polar surface area (TPSA) is 34.4 Å². The summed E-state index contributed by atoms with van der Waals surface area (Å²) in [6, 6.07) is 8.09. The fraction of sp³-hybridized carbons (Fsp3) is 0.385. The number of methoxy groups -OCH3 is 1. The molecule has 0 amide bonds. The summed E-state index contributed by atoms with van der Waals surface area (Å²) >= 11 is 0. The number of aromatic nitrogens is 1. The first-order chi connectivity index (χ1) is 7.86. The third kappa shape index (κ3) is 2.10. The van der Waals surface area contributed by atoms with Crippen LogP contribution >= 0.6 is 0 Å². The number of rotatable bonds is 5. The summed E-state index contributed by atoms with van der Waals surface area (Å²) in [6.07, 6.45) is 3.07. The third-order valence-corrected chi connectivity index (χ3v) is 2.82. The Morgan fingerprint density at radius 2 is 2.19 bits per heavy atom. The Bertz CT molecular complexity index is 462. The summed E-state index contributed by atoms with van der Waals surface area (Å²) < 4.78 is 7.25. The molecule has 0 aliphatic rings. The molecule has 0 saturated carbocycles. The highest BCUT2D eigenvalue weighted by molar-refractivity contribution is 5.83. The zero-order chi connectivity index (χ0) is 11.4. The van der Waals surface area contributed by atoms with Gasteiger partial charge in [0.1, 0.15) is 0 Å². The Morgan fingerprint density at radius 1 is 1.31 bits per heavy atom. The molecule has 16 heavy (non-hydrogen) atoms. The SMILES string of the molecule is COCCCn1ccc2c(CO)cccc21. The van der Waals surface area contributed by atoms with Crippen molar-refractivity contribution >= 4 is 10.9 Å². The van der Waals surface area contributed by atoms with Gasteiger partial charge in [-0.15, -0.1) is 0 Å². The number of aliphatic hydroxyl groups is 1. The summed E-state index contributed by atoms with van der Waals surface area (Å²) in [4.78, 5) is 0. The van der Waals surface area contributed by atoms with Gasteiger partial charge in [-0.25, -0.2) is 0 Å². The molecule has 0 aliphatic heterocycles. The van der Waals surface area contributed by atoms with E-state index in [9.17, 15) is 5.11 Å². The minimum absolute atomic E-state index is 0.0967. The van der Waals surface area contributed by atoms with E-state index < -0.39 is 0 Å². The summed E-state index contributed by atoms with van der Waals surface area (Å²) in [5.41, 5.74) is 2.17. The second-order valence-electron chi connectivity index (χ2n) is 3.86. The maximum absolute atomic E-state index is 9.23. The first kappa shape index (κ1) is 11.2. The molecule has 86 valence electrons. The molecule has 0 saturated heterocycles. The average molecular weight is 219 g/mol. The standard InChI is InChI=1S/C13H17NO2/c1-16-9-3-7-14-8-6-12-11(10-15)4-2-5-13(12)14/h2,4-6,8,15H,3,7,9-10H2,1H3. The van der Waals surface area contributed by atoms with E-state index in [1.807, 2.05) is 12.1 Å². The van der Waals surface area contributed by atoms with Crippen LogP contribution in [0.25, 0.3) is 10.9 Å². The Labute approximate surface area is 95.3 Å². The molecular weight excluding hydrogens is 202 g/mol. The lowest BCUT2D eigenvalue weighted by Crippen LogP contribution is -1.99. The van der Waals surface area contributed by atoms with Gasteiger partial charge < -0.3 is 14.4 Å². The van der Waals surface area contributed by atoms with Crippen LogP contribution in [0.4, 0.5) is 0 Å². The van der Waals surface area contributed by atoms with Gasteiger partial charge in [-0.1, -0.05) is 12.1 Å². The third-order valence-electron chi connectivity index (χ3n) is 2.82. The quantitative estimate of drug-likeness (QED) is 0.782. The number of ether oxygens (including phenoxy) is 1. The lowest BCUT2D eigenvalue weighted by molar-refractivity contribution is 0.190. The molecule has 1 N–H and O–H groups in total. The highest BCUT2D eigenvalue weighted by Gasteiger charge is 2.04. The summed E-state index contributed by atoms with van der Waals surface area (Å²) in [5.74, 6) is 0. The lowest BCUT2D eigenvalue weighted by atomic mass is 10.1. The second kappa shape index (κ2) is 5.14. The first-order valence-corrected chi connectivity index (χ1v) is 5.53. The van der Waals surface area contributed by atoms with E-state index in [0.717, 1.165) is 30.5 Å². The summed E-state index contributed by atoms with van der Waals surface area (Å²) in [6.45, 7) is 1.82. The van der Waals surface area contributed by atoms with Crippen LogP contribution < -0.4 is 0 Å². The predicted molar refractivity (Wildman–Crippen MR) is 64.4 cm³/mol. The second-order valence-corrected chi connectivity index (χ2v) is 3.86. The smallest absolute Gasteiger partial charge is 0.0688 e. The lowest BCUT2D eigenvalue weighted by Gasteiger charge is -2.05. The maximum Gasteiger partial charge on any atom is 0.0688 e. The van der Waals surface area contributed by atoms with E-state index >= 15 is 0 Å². The van der Waals surface area contributed by atoms with Crippen LogP contribution in [-0.4, -0.2) is 23.4 Å². The number of aryl methyl sites for hydroxylation is 1. The van der Waals surface area contributed by atoms with Crippen molar-refractivity contribution in [3.63, 3.8) is 0 Å². The first-order valence-electron chi connectivity index (χ1n) is 5.53. The van der Waals surface area contributed by atoms with Gasteiger partial charge in [0, 0.05) is 37.4 Å². The van der Waals surface area contributed by atoms with Crippen LogP contribution in [0.2, 0.25) is 0 Å². The normalized spacial score (nSPS) is 11.1. The fourth-order valence-corrected chi connectivity index (χ4v) is 2.00. The summed E-state index contributed by atoms with van der Waals surface area (Å²) in [7, 11) is 1.72. The monoisotopic (exact) mass is 219 g/mol. The van der Waals surface area contributed by atoms with Gasteiger partial charge in [0.25, 0.3) is 0 Å². The van der Waals surface area contributed by atoms with Crippen LogP contribution in [0.3, 0.4) is 0 Å². The van der Waals surface area contributed by atoms with E-state index in [4.69, 9.17) is 4.74 Å². The Morgan fingerprint density at radius 3 is 2.94 bits per heavy atom. The molecule has 0 bridgehead atoms. The number of aliphatic hydroxyl groups excluding tert-OH is 1. The van der Waals surface area contributed by atoms with E-state index in [1.165, 1.54) is 5.52 Å². The number of benzene rings is 1. The largest absolute Gasteiger partial charge is 0.392 e. The Hall–Kier alpha value is -1.32. The van der Waals surface area contributed by atoms with E-state index in [0.29, 0.717) is 0 Å². The molecule has 2 aromatic rings. The highest BCUT2D eigenvalue weighted by atomic mass is 16.5. The molecule has 1 aromatic heterocycles. The van der Waals surface area contributed by atoms with Crippen molar-refractivity contribution in [1.29, 1.82) is 0 Å². The molecule has 1 heterocycles. The van der Waals surface area contributed by atoms with Crippen LogP contribution in [0.15, 0.2) is 30.5 Å². The Kier molecular flexibility index (Phi) is 3.59. The average Bonchev–Trinajstić information content (AvgIpc) is 2.73. The fourth-order valence-electron chi connectivity index (χ4n) is 2.00. The number of hydrogen-bond donors (Lipinski definition) is 1. The molecule has 0 radical (unpaired) electrons. The summed E-state index contributed by atoms with van der Waals surface area (Å²) in [5, 5.41) is 10.4. The minimum atomic E-state index is 0.0967. The Balaban J connectivity index is 2.27. The molecule has 0 spiro atoms. The number of nitrogens with zero attached hydrogens (tertiary/aromatic N) is 1. The van der Waals surface area contributed by atoms with E-state index in [1.54, 1.807) is 7.11 Å². The molecule has 0 fully saturated rings. The van der Waals surface area contributed by atoms with Gasteiger partial charge in [-0.05, 0) is 24.1 Å². The van der Waals surface area contributed by atoms with Gasteiger partial charge in [-0.2, -0.15) is 0 Å². The van der Waals surface area contributed by atoms with Gasteiger partial charge in [0.15, 0.2) is 0 Å². The molecule has 0 aliphatic carbocycles. The predicted octanol–water partition coefficient (Wildman–Crippen LogP) is 2.17. The number of hydrogen-bond acceptors (Lipinski definition) is 2. The molecule has 3 heteroatoms. The van der Waals surface area contributed by atoms with Crippen molar-refractivity contribution in [2.45, 2.75) is 19.6 Å². The van der Waals surface area contributed by atoms with Crippen molar-refractivity contribution in [2.24, 2.45) is 0 Å². The van der Waals surface area contributed by atoms with Gasteiger partial charge in [-0.3, -0.25) is 0 Å². The molecule has 3 nitrogen and oxygen atoms in total. The number of fused-ring (bicyclic) bond motifs is 1. The molecule has 1 aromatic carbocycles. The van der Waals surface area contributed by atoms with E-state index in [-0.39, 0.29) is 6.61 Å². The van der Waals surface area contributed by atoms with Crippen LogP contribution in [-0.2, 0) is 17.9 Å². The van der Waals surface area contributed by atoms with Crippen LogP contribution in [0, 0.1) is 0 Å². The minimum Gasteiger partial charge on any atom is -0.392 e. The maximum atomic E-state index is 9.23. The van der Waals surface area contributed by atoms with E-state index in [2.05, 4.69) is 22.9 Å². The zero-order valence-corrected chi connectivity index (χ0v) is 9.52. The van der Waals surface area contributed by atoms with Gasteiger partial charge in [0.05, 0.1) is 6.61 Å². The van der Waals surface area contributed by atoms with Crippen molar-refractivity contribution in [2.75, 3.05) is 13.7 Å². The highest BCUT2D eigenvalue weighted by Crippen LogP contribution is 2.20.